The summed E-state index contributed by atoms with van der Waals surface area (Å²) in [6.45, 7) is 10.7. The minimum absolute atomic E-state index is 0. The molecule has 0 aromatic rings. The van der Waals surface area contributed by atoms with Gasteiger partial charge in [-0.25, -0.2) is 0 Å². The number of likely N-dealkylation sites (tertiary alicyclic amines) is 2. The van der Waals surface area contributed by atoms with Crippen LogP contribution in [0.15, 0.2) is 0 Å². The number of hydrogen-bond donors (Lipinski definition) is 1. The van der Waals surface area contributed by atoms with Gasteiger partial charge in [-0.15, -0.1) is 12.4 Å². The zero-order chi connectivity index (χ0) is 12.9. The molecular formula is C16H32ClN3. The molecule has 0 aliphatic carbocycles. The molecule has 20 heavy (non-hydrogen) atoms. The molecule has 0 saturated carbocycles. The lowest BCUT2D eigenvalue weighted by atomic mass is 9.93. The second-order valence-electron chi connectivity index (χ2n) is 6.96. The SMILES string of the molecule is C1CNCC(CN2CCC(CN3CCCC3)CC2)C1.Cl. The molecule has 4 heteroatoms. The van der Waals surface area contributed by atoms with Crippen LogP contribution in [0.1, 0.15) is 38.5 Å². The lowest BCUT2D eigenvalue weighted by Gasteiger charge is -2.36. The minimum Gasteiger partial charge on any atom is -0.316 e. The van der Waals surface area contributed by atoms with Gasteiger partial charge in [0.1, 0.15) is 0 Å². The molecule has 1 unspecified atom stereocenters. The molecule has 0 aromatic carbocycles. The summed E-state index contributed by atoms with van der Waals surface area (Å²) >= 11 is 0. The van der Waals surface area contributed by atoms with Crippen molar-refractivity contribution in [1.82, 2.24) is 15.1 Å². The van der Waals surface area contributed by atoms with Crippen LogP contribution in [0.3, 0.4) is 0 Å². The summed E-state index contributed by atoms with van der Waals surface area (Å²) in [5, 5.41) is 3.55. The van der Waals surface area contributed by atoms with Gasteiger partial charge >= 0.3 is 0 Å². The highest BCUT2D eigenvalue weighted by Gasteiger charge is 2.24. The Morgan fingerprint density at radius 2 is 1.40 bits per heavy atom. The predicted octanol–water partition coefficient (Wildman–Crippen LogP) is 2.22. The van der Waals surface area contributed by atoms with E-state index in [1.165, 1.54) is 90.9 Å². The highest BCUT2D eigenvalue weighted by Crippen LogP contribution is 2.22. The predicted molar refractivity (Wildman–Crippen MR) is 87.7 cm³/mol. The van der Waals surface area contributed by atoms with E-state index in [1.807, 2.05) is 0 Å². The van der Waals surface area contributed by atoms with Crippen molar-refractivity contribution in [3.8, 4) is 0 Å². The Labute approximate surface area is 130 Å². The van der Waals surface area contributed by atoms with E-state index in [1.54, 1.807) is 0 Å². The fourth-order valence-electron chi connectivity index (χ4n) is 4.13. The van der Waals surface area contributed by atoms with Gasteiger partial charge in [-0.3, -0.25) is 0 Å². The molecule has 0 amide bonds. The van der Waals surface area contributed by atoms with E-state index in [2.05, 4.69) is 15.1 Å². The van der Waals surface area contributed by atoms with Gasteiger partial charge < -0.3 is 15.1 Å². The monoisotopic (exact) mass is 301 g/mol. The Balaban J connectivity index is 0.00000147. The zero-order valence-corrected chi connectivity index (χ0v) is 13.7. The quantitative estimate of drug-likeness (QED) is 0.859. The van der Waals surface area contributed by atoms with Crippen molar-refractivity contribution < 1.29 is 0 Å². The normalized spacial score (nSPS) is 30.3. The van der Waals surface area contributed by atoms with E-state index in [0.717, 1.165) is 11.8 Å². The van der Waals surface area contributed by atoms with Gasteiger partial charge in [0.05, 0.1) is 0 Å². The number of nitrogens with one attached hydrogen (secondary N) is 1. The molecule has 3 saturated heterocycles. The van der Waals surface area contributed by atoms with Crippen LogP contribution in [0.4, 0.5) is 0 Å². The maximum Gasteiger partial charge on any atom is 0.00218 e. The van der Waals surface area contributed by atoms with Crippen LogP contribution in [0.5, 0.6) is 0 Å². The highest BCUT2D eigenvalue weighted by molar-refractivity contribution is 5.85. The average molecular weight is 302 g/mol. The standard InChI is InChI=1S/C16H31N3.ClH/c1-2-9-18(8-1)13-15-5-10-19(11-6-15)14-16-4-3-7-17-12-16;/h15-17H,1-14H2;1H. The van der Waals surface area contributed by atoms with Crippen LogP contribution in [0.2, 0.25) is 0 Å². The first-order valence-corrected chi connectivity index (χ1v) is 8.55. The Morgan fingerprint density at radius 3 is 2.05 bits per heavy atom. The second kappa shape index (κ2) is 8.57. The van der Waals surface area contributed by atoms with Gasteiger partial charge in [0.25, 0.3) is 0 Å². The van der Waals surface area contributed by atoms with E-state index in [-0.39, 0.29) is 12.4 Å². The van der Waals surface area contributed by atoms with E-state index in [9.17, 15) is 0 Å². The third-order valence-electron chi connectivity index (χ3n) is 5.34. The average Bonchev–Trinajstić information content (AvgIpc) is 2.95. The van der Waals surface area contributed by atoms with Crippen molar-refractivity contribution in [2.24, 2.45) is 11.8 Å². The zero-order valence-electron chi connectivity index (χ0n) is 12.9. The summed E-state index contributed by atoms with van der Waals surface area (Å²) in [6.07, 6.45) is 8.59. The van der Waals surface area contributed by atoms with Crippen LogP contribution >= 0.6 is 12.4 Å². The van der Waals surface area contributed by atoms with Crippen LogP contribution in [-0.4, -0.2) is 62.2 Å². The van der Waals surface area contributed by atoms with Crippen molar-refractivity contribution >= 4 is 12.4 Å². The summed E-state index contributed by atoms with van der Waals surface area (Å²) in [5.74, 6) is 1.91. The number of halogens is 1. The van der Waals surface area contributed by atoms with Crippen molar-refractivity contribution in [2.45, 2.75) is 38.5 Å². The summed E-state index contributed by atoms with van der Waals surface area (Å²) in [5.41, 5.74) is 0. The number of piperidine rings is 2. The molecule has 0 radical (unpaired) electrons. The Hall–Kier alpha value is 0.170. The topological polar surface area (TPSA) is 18.5 Å². The first-order chi connectivity index (χ1) is 9.40. The minimum atomic E-state index is 0. The molecule has 3 aliphatic heterocycles. The highest BCUT2D eigenvalue weighted by atomic mass is 35.5. The van der Waals surface area contributed by atoms with Crippen molar-refractivity contribution in [3.05, 3.63) is 0 Å². The first-order valence-electron chi connectivity index (χ1n) is 8.55. The van der Waals surface area contributed by atoms with Crippen LogP contribution in [-0.2, 0) is 0 Å². The number of nitrogens with zero attached hydrogens (tertiary/aromatic N) is 2. The first kappa shape index (κ1) is 16.5. The van der Waals surface area contributed by atoms with Crippen molar-refractivity contribution in [1.29, 1.82) is 0 Å². The Bertz CT molecular complexity index is 254. The third-order valence-corrected chi connectivity index (χ3v) is 5.34. The Kier molecular flexibility index (Phi) is 7.09. The molecule has 1 N–H and O–H groups in total. The maximum absolute atomic E-state index is 3.55. The molecule has 3 rings (SSSR count). The fraction of sp³-hybridized carbons (Fsp3) is 1.00. The molecule has 3 heterocycles. The van der Waals surface area contributed by atoms with Crippen LogP contribution in [0.25, 0.3) is 0 Å². The molecule has 3 fully saturated rings. The summed E-state index contributed by atoms with van der Waals surface area (Å²) in [6, 6.07) is 0. The molecule has 1 atom stereocenters. The number of rotatable bonds is 4. The molecule has 0 bridgehead atoms. The largest absolute Gasteiger partial charge is 0.316 e. The molecule has 0 aromatic heterocycles. The van der Waals surface area contributed by atoms with Gasteiger partial charge in [0.15, 0.2) is 0 Å². The maximum atomic E-state index is 3.55. The fourth-order valence-corrected chi connectivity index (χ4v) is 4.13. The van der Waals surface area contributed by atoms with E-state index in [0.29, 0.717) is 0 Å². The van der Waals surface area contributed by atoms with Crippen molar-refractivity contribution in [3.63, 3.8) is 0 Å². The third kappa shape index (κ3) is 4.87. The summed E-state index contributed by atoms with van der Waals surface area (Å²) < 4.78 is 0. The van der Waals surface area contributed by atoms with Gasteiger partial charge in [0, 0.05) is 13.1 Å². The van der Waals surface area contributed by atoms with Gasteiger partial charge in [-0.2, -0.15) is 0 Å². The molecule has 3 aliphatic rings. The van der Waals surface area contributed by atoms with E-state index >= 15 is 0 Å². The second-order valence-corrected chi connectivity index (χ2v) is 6.96. The van der Waals surface area contributed by atoms with Gasteiger partial charge in [0.2, 0.25) is 0 Å². The lowest BCUT2D eigenvalue weighted by molar-refractivity contribution is 0.131. The van der Waals surface area contributed by atoms with Gasteiger partial charge in [-0.1, -0.05) is 0 Å². The van der Waals surface area contributed by atoms with Crippen LogP contribution in [0, 0.1) is 11.8 Å². The van der Waals surface area contributed by atoms with Crippen molar-refractivity contribution in [2.75, 3.05) is 52.4 Å². The molecule has 3 nitrogen and oxygen atoms in total. The van der Waals surface area contributed by atoms with Crippen LogP contribution < -0.4 is 5.32 Å². The number of hydrogen-bond acceptors (Lipinski definition) is 3. The van der Waals surface area contributed by atoms with Gasteiger partial charge in [-0.05, 0) is 89.6 Å². The lowest BCUT2D eigenvalue weighted by Crippen LogP contribution is -2.43. The summed E-state index contributed by atoms with van der Waals surface area (Å²) in [4.78, 5) is 5.43. The van der Waals surface area contributed by atoms with E-state index in [4.69, 9.17) is 0 Å². The molecular weight excluding hydrogens is 270 g/mol. The molecule has 118 valence electrons. The Morgan fingerprint density at radius 1 is 0.750 bits per heavy atom. The molecule has 0 spiro atoms. The summed E-state index contributed by atoms with van der Waals surface area (Å²) in [7, 11) is 0. The van der Waals surface area contributed by atoms with E-state index < -0.39 is 0 Å². The smallest absolute Gasteiger partial charge is 0.00218 e.